The number of amides is 1. The van der Waals surface area contributed by atoms with E-state index in [0.29, 0.717) is 5.96 Å². The molecule has 2 rings (SSSR count). The van der Waals surface area contributed by atoms with Crippen molar-refractivity contribution in [3.8, 4) is 5.75 Å². The molecule has 0 aliphatic carbocycles. The van der Waals surface area contributed by atoms with Crippen molar-refractivity contribution in [3.63, 3.8) is 0 Å². The summed E-state index contributed by atoms with van der Waals surface area (Å²) in [4.78, 5) is 21.0. The molecular weight excluding hydrogens is 380 g/mol. The summed E-state index contributed by atoms with van der Waals surface area (Å²) in [6.45, 7) is 12.2. The molecule has 8 nitrogen and oxygen atoms in total. The van der Waals surface area contributed by atoms with Crippen LogP contribution in [0, 0.1) is 0 Å². The molecule has 1 aromatic carbocycles. The maximum Gasteiger partial charge on any atom is 0.239 e. The Kier molecular flexibility index (Phi) is 9.23. The summed E-state index contributed by atoms with van der Waals surface area (Å²) < 4.78 is 5.23. The average molecular weight is 419 g/mol. The Labute approximate surface area is 181 Å². The molecule has 1 amide bonds. The van der Waals surface area contributed by atoms with E-state index in [2.05, 4.69) is 42.9 Å². The standard InChI is InChI=1S/C22H38N6O2/c1-22(2,3)26-20(29)17-25-21(23-4)24-11-6-12-27-13-15-28(16-14-27)18-7-9-19(30-5)10-8-18/h7-10H,6,11-17H2,1-5H3,(H,26,29)(H2,23,24,25). The lowest BCUT2D eigenvalue weighted by molar-refractivity contribution is -0.121. The minimum absolute atomic E-state index is 0.0415. The first-order valence-electron chi connectivity index (χ1n) is 10.7. The van der Waals surface area contributed by atoms with Gasteiger partial charge in [-0.15, -0.1) is 0 Å². The van der Waals surface area contributed by atoms with Crippen LogP contribution in [0.3, 0.4) is 0 Å². The normalized spacial score (nSPS) is 15.6. The highest BCUT2D eigenvalue weighted by atomic mass is 16.5. The van der Waals surface area contributed by atoms with E-state index < -0.39 is 0 Å². The fourth-order valence-corrected chi connectivity index (χ4v) is 3.38. The van der Waals surface area contributed by atoms with Crippen LogP contribution in [0.15, 0.2) is 29.3 Å². The van der Waals surface area contributed by atoms with E-state index >= 15 is 0 Å². The lowest BCUT2D eigenvalue weighted by atomic mass is 10.1. The minimum Gasteiger partial charge on any atom is -0.497 e. The highest BCUT2D eigenvalue weighted by Gasteiger charge is 2.17. The van der Waals surface area contributed by atoms with Gasteiger partial charge in [-0.25, -0.2) is 0 Å². The number of hydrogen-bond donors (Lipinski definition) is 3. The molecule has 30 heavy (non-hydrogen) atoms. The molecule has 0 saturated carbocycles. The second kappa shape index (κ2) is 11.6. The molecule has 1 aliphatic heterocycles. The molecule has 1 aliphatic rings. The Balaban J connectivity index is 1.61. The first-order valence-corrected chi connectivity index (χ1v) is 10.7. The van der Waals surface area contributed by atoms with Gasteiger partial charge in [0.05, 0.1) is 13.7 Å². The van der Waals surface area contributed by atoms with Crippen molar-refractivity contribution >= 4 is 17.6 Å². The number of carbonyl (C=O) groups is 1. The summed E-state index contributed by atoms with van der Waals surface area (Å²) in [6.07, 6.45) is 1.03. The fourth-order valence-electron chi connectivity index (χ4n) is 3.38. The predicted molar refractivity (Wildman–Crippen MR) is 124 cm³/mol. The van der Waals surface area contributed by atoms with Crippen molar-refractivity contribution in [2.75, 3.05) is 64.9 Å². The Morgan fingerprint density at radius 1 is 1.10 bits per heavy atom. The molecule has 0 unspecified atom stereocenters. The zero-order valence-electron chi connectivity index (χ0n) is 19.1. The number of nitrogens with zero attached hydrogens (tertiary/aromatic N) is 3. The number of nitrogens with one attached hydrogen (secondary N) is 3. The van der Waals surface area contributed by atoms with Gasteiger partial charge in [-0.2, -0.15) is 0 Å². The monoisotopic (exact) mass is 418 g/mol. The van der Waals surface area contributed by atoms with Gasteiger partial charge in [0.2, 0.25) is 5.91 Å². The summed E-state index contributed by atoms with van der Waals surface area (Å²) >= 11 is 0. The molecule has 0 atom stereocenters. The van der Waals surface area contributed by atoms with Crippen molar-refractivity contribution < 1.29 is 9.53 Å². The second-order valence-corrected chi connectivity index (χ2v) is 8.53. The van der Waals surface area contributed by atoms with E-state index in [1.807, 2.05) is 32.9 Å². The van der Waals surface area contributed by atoms with Crippen LogP contribution in [0.25, 0.3) is 0 Å². The Morgan fingerprint density at radius 2 is 1.77 bits per heavy atom. The highest BCUT2D eigenvalue weighted by Crippen LogP contribution is 2.20. The lowest BCUT2D eigenvalue weighted by Crippen LogP contribution is -2.49. The molecule has 0 radical (unpaired) electrons. The van der Waals surface area contributed by atoms with E-state index in [1.54, 1.807) is 14.2 Å². The van der Waals surface area contributed by atoms with Gasteiger partial charge in [0.25, 0.3) is 0 Å². The van der Waals surface area contributed by atoms with Crippen molar-refractivity contribution in [2.45, 2.75) is 32.7 Å². The summed E-state index contributed by atoms with van der Waals surface area (Å²) in [5.41, 5.74) is 1.02. The van der Waals surface area contributed by atoms with Crippen LogP contribution in [0.2, 0.25) is 0 Å². The number of hydrogen-bond acceptors (Lipinski definition) is 5. The smallest absolute Gasteiger partial charge is 0.239 e. The number of aliphatic imine (C=N–C) groups is 1. The van der Waals surface area contributed by atoms with Crippen LogP contribution in [0.5, 0.6) is 5.75 Å². The van der Waals surface area contributed by atoms with Crippen LogP contribution in [-0.4, -0.2) is 82.3 Å². The van der Waals surface area contributed by atoms with Crippen LogP contribution in [0.1, 0.15) is 27.2 Å². The van der Waals surface area contributed by atoms with Crippen molar-refractivity contribution in [1.82, 2.24) is 20.9 Å². The number of anilines is 1. The second-order valence-electron chi connectivity index (χ2n) is 8.53. The first-order chi connectivity index (χ1) is 14.3. The van der Waals surface area contributed by atoms with Gasteiger partial charge in [-0.05, 0) is 58.0 Å². The van der Waals surface area contributed by atoms with Crippen LogP contribution in [-0.2, 0) is 4.79 Å². The van der Waals surface area contributed by atoms with Gasteiger partial charge in [-0.3, -0.25) is 14.7 Å². The summed E-state index contributed by atoms with van der Waals surface area (Å²) in [5.74, 6) is 1.51. The van der Waals surface area contributed by atoms with E-state index in [-0.39, 0.29) is 18.0 Å². The topological polar surface area (TPSA) is 81.2 Å². The third kappa shape index (κ3) is 8.49. The average Bonchev–Trinajstić information content (AvgIpc) is 2.72. The Hall–Kier alpha value is -2.48. The third-order valence-corrected chi connectivity index (χ3v) is 4.91. The number of rotatable bonds is 8. The molecule has 1 heterocycles. The van der Waals surface area contributed by atoms with Gasteiger partial charge >= 0.3 is 0 Å². The van der Waals surface area contributed by atoms with E-state index in [0.717, 1.165) is 51.4 Å². The van der Waals surface area contributed by atoms with Crippen molar-refractivity contribution in [1.29, 1.82) is 0 Å². The van der Waals surface area contributed by atoms with Crippen LogP contribution in [0.4, 0.5) is 5.69 Å². The van der Waals surface area contributed by atoms with Gasteiger partial charge in [0, 0.05) is 51.0 Å². The first kappa shape index (κ1) is 23.8. The zero-order valence-corrected chi connectivity index (χ0v) is 19.1. The van der Waals surface area contributed by atoms with Crippen molar-refractivity contribution in [2.24, 2.45) is 4.99 Å². The lowest BCUT2D eigenvalue weighted by Gasteiger charge is -2.36. The molecule has 0 spiro atoms. The Morgan fingerprint density at radius 3 is 2.33 bits per heavy atom. The van der Waals surface area contributed by atoms with Gasteiger partial charge in [0.15, 0.2) is 5.96 Å². The number of methoxy groups -OCH3 is 1. The highest BCUT2D eigenvalue weighted by molar-refractivity contribution is 5.86. The molecule has 0 bridgehead atoms. The molecule has 1 saturated heterocycles. The third-order valence-electron chi connectivity index (χ3n) is 4.91. The number of benzene rings is 1. The zero-order chi connectivity index (χ0) is 22.0. The van der Waals surface area contributed by atoms with E-state index in [1.165, 1.54) is 5.69 Å². The SMILES string of the molecule is CN=C(NCCCN1CCN(c2ccc(OC)cc2)CC1)NCC(=O)NC(C)(C)C. The number of carbonyl (C=O) groups excluding carboxylic acids is 1. The van der Waals surface area contributed by atoms with Gasteiger partial charge in [-0.1, -0.05) is 0 Å². The molecule has 3 N–H and O–H groups in total. The largest absolute Gasteiger partial charge is 0.497 e. The van der Waals surface area contributed by atoms with E-state index in [9.17, 15) is 4.79 Å². The molecule has 0 aromatic heterocycles. The van der Waals surface area contributed by atoms with Gasteiger partial charge in [0.1, 0.15) is 5.75 Å². The van der Waals surface area contributed by atoms with Crippen LogP contribution < -0.4 is 25.6 Å². The summed E-state index contributed by atoms with van der Waals surface area (Å²) in [6, 6.07) is 8.28. The summed E-state index contributed by atoms with van der Waals surface area (Å²) in [7, 11) is 3.41. The molecule has 1 aromatic rings. The molecular formula is C22H38N6O2. The van der Waals surface area contributed by atoms with Crippen molar-refractivity contribution in [3.05, 3.63) is 24.3 Å². The Bertz CT molecular complexity index is 676. The summed E-state index contributed by atoms with van der Waals surface area (Å²) in [5, 5.41) is 9.27. The fraction of sp³-hybridized carbons (Fsp3) is 0.636. The minimum atomic E-state index is -0.229. The predicted octanol–water partition coefficient (Wildman–Crippen LogP) is 1.29. The number of piperazine rings is 1. The number of guanidine groups is 1. The quantitative estimate of drug-likeness (QED) is 0.335. The molecule has 1 fully saturated rings. The number of ether oxygens (including phenoxy) is 1. The van der Waals surface area contributed by atoms with E-state index in [4.69, 9.17) is 4.74 Å². The maximum atomic E-state index is 11.9. The maximum absolute atomic E-state index is 11.9. The van der Waals surface area contributed by atoms with Crippen LogP contribution >= 0.6 is 0 Å². The molecule has 168 valence electrons. The van der Waals surface area contributed by atoms with Gasteiger partial charge < -0.3 is 25.6 Å². The molecule has 8 heteroatoms.